The van der Waals surface area contributed by atoms with E-state index in [0.29, 0.717) is 16.4 Å². The molecule has 5 nitrogen and oxygen atoms in total. The maximum Gasteiger partial charge on any atom is 0.312 e. The average molecular weight is 339 g/mol. The summed E-state index contributed by atoms with van der Waals surface area (Å²) in [5.74, 6) is -0.898. The van der Waals surface area contributed by atoms with Gasteiger partial charge in [0.1, 0.15) is 0 Å². The molecule has 116 valence electrons. The van der Waals surface area contributed by atoms with Crippen molar-refractivity contribution in [3.05, 3.63) is 44.9 Å². The molecule has 1 heterocycles. The molecule has 1 amide bonds. The SMILES string of the molecule is Cc1nc(CC(=O)OCC(=O)Nc2ccc(C)c(Cl)c2)cs1. The number of aromatic nitrogens is 1. The van der Waals surface area contributed by atoms with Crippen LogP contribution in [0.25, 0.3) is 0 Å². The van der Waals surface area contributed by atoms with E-state index in [1.165, 1.54) is 11.3 Å². The van der Waals surface area contributed by atoms with Crippen molar-refractivity contribution in [1.29, 1.82) is 0 Å². The molecule has 2 rings (SSSR count). The molecule has 1 aromatic carbocycles. The van der Waals surface area contributed by atoms with Gasteiger partial charge in [-0.3, -0.25) is 9.59 Å². The van der Waals surface area contributed by atoms with Gasteiger partial charge < -0.3 is 10.1 Å². The van der Waals surface area contributed by atoms with E-state index in [1.807, 2.05) is 13.8 Å². The summed E-state index contributed by atoms with van der Waals surface area (Å²) in [6.07, 6.45) is 0.0635. The Morgan fingerprint density at radius 3 is 2.77 bits per heavy atom. The monoisotopic (exact) mass is 338 g/mol. The second-order valence-corrected chi connectivity index (χ2v) is 6.18. The smallest absolute Gasteiger partial charge is 0.312 e. The molecule has 22 heavy (non-hydrogen) atoms. The number of aryl methyl sites for hydroxylation is 2. The number of carbonyl (C=O) groups is 2. The van der Waals surface area contributed by atoms with Gasteiger partial charge in [-0.2, -0.15) is 0 Å². The maximum absolute atomic E-state index is 11.7. The molecule has 0 atom stereocenters. The van der Waals surface area contributed by atoms with Gasteiger partial charge in [0.15, 0.2) is 6.61 Å². The lowest BCUT2D eigenvalue weighted by Crippen LogP contribution is -2.21. The van der Waals surface area contributed by atoms with E-state index >= 15 is 0 Å². The zero-order chi connectivity index (χ0) is 16.1. The number of hydrogen-bond donors (Lipinski definition) is 1. The first-order valence-corrected chi connectivity index (χ1v) is 7.82. The van der Waals surface area contributed by atoms with E-state index in [-0.39, 0.29) is 13.0 Å². The third-order valence-corrected chi connectivity index (χ3v) is 4.04. The molecular weight excluding hydrogens is 324 g/mol. The van der Waals surface area contributed by atoms with Gasteiger partial charge in [-0.05, 0) is 31.5 Å². The summed E-state index contributed by atoms with van der Waals surface area (Å²) < 4.78 is 4.92. The molecule has 0 aliphatic rings. The van der Waals surface area contributed by atoms with E-state index in [9.17, 15) is 9.59 Å². The Kier molecular flexibility index (Phi) is 5.51. The van der Waals surface area contributed by atoms with Crippen LogP contribution in [0.4, 0.5) is 5.69 Å². The van der Waals surface area contributed by atoms with Crippen molar-refractivity contribution in [3.63, 3.8) is 0 Å². The molecule has 0 aliphatic heterocycles. The van der Waals surface area contributed by atoms with Gasteiger partial charge in [0, 0.05) is 16.1 Å². The number of nitrogens with zero attached hydrogens (tertiary/aromatic N) is 1. The summed E-state index contributed by atoms with van der Waals surface area (Å²) in [7, 11) is 0. The normalized spacial score (nSPS) is 10.3. The number of esters is 1. The summed E-state index contributed by atoms with van der Waals surface area (Å²) in [6, 6.07) is 5.18. The zero-order valence-electron chi connectivity index (χ0n) is 12.2. The van der Waals surface area contributed by atoms with Crippen molar-refractivity contribution in [3.8, 4) is 0 Å². The van der Waals surface area contributed by atoms with Crippen LogP contribution in [-0.2, 0) is 20.7 Å². The van der Waals surface area contributed by atoms with Crippen LogP contribution in [0.3, 0.4) is 0 Å². The first kappa shape index (κ1) is 16.5. The Morgan fingerprint density at radius 1 is 1.36 bits per heavy atom. The molecule has 2 aromatic rings. The summed E-state index contributed by atoms with van der Waals surface area (Å²) in [4.78, 5) is 27.5. The highest BCUT2D eigenvalue weighted by Crippen LogP contribution is 2.19. The van der Waals surface area contributed by atoms with E-state index in [0.717, 1.165) is 10.6 Å². The number of benzene rings is 1. The number of anilines is 1. The van der Waals surface area contributed by atoms with Crippen molar-refractivity contribution < 1.29 is 14.3 Å². The van der Waals surface area contributed by atoms with Gasteiger partial charge in [0.05, 0.1) is 17.1 Å². The maximum atomic E-state index is 11.7. The molecular formula is C15H15ClN2O3S. The van der Waals surface area contributed by atoms with E-state index < -0.39 is 11.9 Å². The molecule has 0 radical (unpaired) electrons. The van der Waals surface area contributed by atoms with Crippen LogP contribution in [-0.4, -0.2) is 23.5 Å². The van der Waals surface area contributed by atoms with Crippen LogP contribution in [0, 0.1) is 13.8 Å². The highest BCUT2D eigenvalue weighted by Gasteiger charge is 2.11. The van der Waals surface area contributed by atoms with Crippen molar-refractivity contribution in [1.82, 2.24) is 4.98 Å². The molecule has 0 aliphatic carbocycles. The third-order valence-electron chi connectivity index (χ3n) is 2.81. The van der Waals surface area contributed by atoms with E-state index in [4.69, 9.17) is 16.3 Å². The van der Waals surface area contributed by atoms with Gasteiger partial charge in [0.2, 0.25) is 0 Å². The highest BCUT2D eigenvalue weighted by molar-refractivity contribution is 7.09. The molecule has 7 heteroatoms. The van der Waals surface area contributed by atoms with Gasteiger partial charge in [-0.15, -0.1) is 11.3 Å². The minimum absolute atomic E-state index is 0.0635. The second kappa shape index (κ2) is 7.38. The predicted molar refractivity (Wildman–Crippen MR) is 86.3 cm³/mol. The van der Waals surface area contributed by atoms with Crippen LogP contribution in [0.1, 0.15) is 16.3 Å². The Morgan fingerprint density at radius 2 is 2.14 bits per heavy atom. The molecule has 1 aromatic heterocycles. The third kappa shape index (κ3) is 4.82. The molecule has 0 spiro atoms. The van der Waals surface area contributed by atoms with Crippen LogP contribution in [0.5, 0.6) is 0 Å². The number of carbonyl (C=O) groups excluding carboxylic acids is 2. The van der Waals surface area contributed by atoms with Crippen molar-refractivity contribution in [2.45, 2.75) is 20.3 Å². The first-order chi connectivity index (χ1) is 10.4. The van der Waals surface area contributed by atoms with Crippen LogP contribution in [0.15, 0.2) is 23.6 Å². The minimum atomic E-state index is -0.484. The summed E-state index contributed by atoms with van der Waals surface area (Å²) in [5.41, 5.74) is 2.13. The number of thiazole rings is 1. The lowest BCUT2D eigenvalue weighted by Gasteiger charge is -2.07. The van der Waals surface area contributed by atoms with Gasteiger partial charge in [-0.25, -0.2) is 4.98 Å². The quantitative estimate of drug-likeness (QED) is 0.850. The lowest BCUT2D eigenvalue weighted by atomic mass is 10.2. The molecule has 0 bridgehead atoms. The number of hydrogen-bond acceptors (Lipinski definition) is 5. The number of ether oxygens (including phenoxy) is 1. The van der Waals surface area contributed by atoms with Crippen LogP contribution >= 0.6 is 22.9 Å². The van der Waals surface area contributed by atoms with E-state index in [2.05, 4.69) is 10.3 Å². The van der Waals surface area contributed by atoms with Crippen molar-refractivity contribution in [2.24, 2.45) is 0 Å². The fourth-order valence-electron chi connectivity index (χ4n) is 1.70. The van der Waals surface area contributed by atoms with Crippen LogP contribution in [0.2, 0.25) is 5.02 Å². The first-order valence-electron chi connectivity index (χ1n) is 6.56. The highest BCUT2D eigenvalue weighted by atomic mass is 35.5. The molecule has 0 saturated carbocycles. The summed E-state index contributed by atoms with van der Waals surface area (Å²) >= 11 is 7.44. The van der Waals surface area contributed by atoms with Gasteiger partial charge >= 0.3 is 5.97 Å². The fraction of sp³-hybridized carbons (Fsp3) is 0.267. The lowest BCUT2D eigenvalue weighted by molar-refractivity contribution is -0.146. The average Bonchev–Trinajstić information content (AvgIpc) is 2.86. The Balaban J connectivity index is 1.79. The largest absolute Gasteiger partial charge is 0.455 e. The summed E-state index contributed by atoms with van der Waals surface area (Å²) in [6.45, 7) is 3.39. The standard InChI is InChI=1S/C15H15ClN2O3S/c1-9-3-4-11(5-13(9)16)18-14(19)7-21-15(20)6-12-8-22-10(2)17-12/h3-5,8H,6-7H2,1-2H3,(H,18,19). The Labute approximate surface area is 137 Å². The Bertz CT molecular complexity index is 700. The number of amides is 1. The molecule has 0 fully saturated rings. The number of nitrogens with one attached hydrogen (secondary N) is 1. The van der Waals surface area contributed by atoms with Crippen molar-refractivity contribution in [2.75, 3.05) is 11.9 Å². The van der Waals surface area contributed by atoms with Gasteiger partial charge in [0.25, 0.3) is 5.91 Å². The molecule has 1 N–H and O–H groups in total. The fourth-order valence-corrected chi connectivity index (χ4v) is 2.50. The van der Waals surface area contributed by atoms with E-state index in [1.54, 1.807) is 23.6 Å². The Hall–Kier alpha value is -1.92. The summed E-state index contributed by atoms with van der Waals surface area (Å²) in [5, 5.41) is 5.87. The minimum Gasteiger partial charge on any atom is -0.455 e. The molecule has 0 saturated heterocycles. The second-order valence-electron chi connectivity index (χ2n) is 4.71. The molecule has 0 unspecified atom stereocenters. The number of halogens is 1. The topological polar surface area (TPSA) is 68.3 Å². The van der Waals surface area contributed by atoms with Crippen molar-refractivity contribution >= 4 is 40.5 Å². The number of rotatable bonds is 5. The van der Waals surface area contributed by atoms with Gasteiger partial charge in [-0.1, -0.05) is 17.7 Å². The predicted octanol–water partition coefficient (Wildman–Crippen LogP) is 3.14. The zero-order valence-corrected chi connectivity index (χ0v) is 13.8. The van der Waals surface area contributed by atoms with Crippen LogP contribution < -0.4 is 5.32 Å².